The Kier molecular flexibility index (Phi) is 13.7. The molecule has 10 rings (SSSR count). The van der Waals surface area contributed by atoms with Gasteiger partial charge in [0.15, 0.2) is 11.2 Å². The second-order valence-electron chi connectivity index (χ2n) is 16.8. The molecule has 2 aromatic carbocycles. The number of hydrogen-bond acceptors (Lipinski definition) is 10. The Morgan fingerprint density at radius 1 is 0.689 bits per heavy atom. The van der Waals surface area contributed by atoms with Crippen molar-refractivity contribution in [1.29, 1.82) is 0 Å². The van der Waals surface area contributed by atoms with Crippen LogP contribution in [0.3, 0.4) is 0 Å². The van der Waals surface area contributed by atoms with Gasteiger partial charge in [-0.1, -0.05) is 10.3 Å². The average Bonchev–Trinajstić information content (AvgIpc) is 3.90. The van der Waals surface area contributed by atoms with Crippen molar-refractivity contribution in [3.63, 3.8) is 0 Å². The molecule has 12 nitrogen and oxygen atoms in total. The van der Waals surface area contributed by atoms with Crippen LogP contribution < -0.4 is 16.4 Å². The number of hydrogen-bond donors (Lipinski definition) is 1. The highest BCUT2D eigenvalue weighted by molar-refractivity contribution is 6.18. The average molecular weight is 857 g/mol. The van der Waals surface area contributed by atoms with E-state index in [1.165, 1.54) is 24.3 Å². The van der Waals surface area contributed by atoms with Crippen molar-refractivity contribution in [1.82, 2.24) is 39.6 Å². The van der Waals surface area contributed by atoms with Crippen LogP contribution >= 0.6 is 11.6 Å². The van der Waals surface area contributed by atoms with Gasteiger partial charge in [0, 0.05) is 95.6 Å². The van der Waals surface area contributed by atoms with Crippen LogP contribution in [-0.4, -0.2) is 72.9 Å². The fourth-order valence-corrected chi connectivity index (χ4v) is 9.57. The van der Waals surface area contributed by atoms with E-state index in [9.17, 15) is 18.4 Å². The van der Waals surface area contributed by atoms with Gasteiger partial charge < -0.3 is 19.3 Å². The van der Waals surface area contributed by atoms with E-state index < -0.39 is 0 Å². The largest absolute Gasteiger partial charge is 0.356 e. The van der Waals surface area contributed by atoms with E-state index in [0.717, 1.165) is 173 Å². The SMILES string of the molecule is Cc1nc2n(c(=O)c1CCCl)CCCC2.Cc1nc2n(c(=O)c1CCN1CCC(c3noc4cc(F)ccc34)CC1)CCCC2.Fc1ccc2c(C3CCNCC3)noc2c1. The molecule has 4 aliphatic heterocycles. The molecule has 0 amide bonds. The van der Waals surface area contributed by atoms with Gasteiger partial charge in [0.05, 0.1) is 11.4 Å². The summed E-state index contributed by atoms with van der Waals surface area (Å²) in [4.78, 5) is 36.6. The fourth-order valence-electron chi connectivity index (χ4n) is 9.38. The quantitative estimate of drug-likeness (QED) is 0.159. The lowest BCUT2D eigenvalue weighted by Gasteiger charge is -2.31. The number of piperidine rings is 2. The minimum atomic E-state index is -0.303. The number of halogens is 3. The molecule has 0 spiro atoms. The van der Waals surface area contributed by atoms with Crippen molar-refractivity contribution < 1.29 is 17.8 Å². The molecular weight excluding hydrogens is 802 g/mol. The number of likely N-dealkylation sites (tertiary alicyclic amines) is 1. The van der Waals surface area contributed by atoms with Gasteiger partial charge >= 0.3 is 0 Å². The summed E-state index contributed by atoms with van der Waals surface area (Å²) in [5.74, 6) is 2.56. The molecule has 0 bridgehead atoms. The summed E-state index contributed by atoms with van der Waals surface area (Å²) in [6.07, 6.45) is 11.7. The van der Waals surface area contributed by atoms with Crippen molar-refractivity contribution in [3.8, 4) is 0 Å². The summed E-state index contributed by atoms with van der Waals surface area (Å²) in [6, 6.07) is 9.25. The predicted molar refractivity (Wildman–Crippen MR) is 232 cm³/mol. The Labute approximate surface area is 358 Å². The standard InChI is InChI=1S/C23H27FN4O2.C12H13FN2O.C11H15ClN2O/c1-15-18(23(29)28-10-3-2-4-21(28)25-15)9-13-27-11-7-16(8-12-27)22-19-6-5-17(24)14-20(19)30-26-22;13-9-1-2-10-11(7-9)16-15-12(10)8-3-5-14-6-4-8;1-8-9(5-6-12)11(15)14-7-3-2-4-10(14)13-8/h5-6,14,16H,2-4,7-13H2,1H3;1-2,7-8,14H,3-6H2;2-7H2,1H3. The second kappa shape index (κ2) is 19.5. The first-order chi connectivity index (χ1) is 29.7. The molecule has 0 saturated carbocycles. The Morgan fingerprint density at radius 3 is 1.69 bits per heavy atom. The number of benzene rings is 2. The number of nitrogens with one attached hydrogen (secondary N) is 1. The molecule has 61 heavy (non-hydrogen) atoms. The number of nitrogens with zero attached hydrogens (tertiary/aromatic N) is 7. The molecule has 2 fully saturated rings. The van der Waals surface area contributed by atoms with Gasteiger partial charge in [-0.15, -0.1) is 11.6 Å². The van der Waals surface area contributed by atoms with E-state index in [-0.39, 0.29) is 22.8 Å². The third-order valence-corrected chi connectivity index (χ3v) is 13.0. The topological polar surface area (TPSA) is 137 Å². The lowest BCUT2D eigenvalue weighted by atomic mass is 9.91. The summed E-state index contributed by atoms with van der Waals surface area (Å²) in [7, 11) is 0. The van der Waals surface area contributed by atoms with Crippen molar-refractivity contribution in [2.45, 2.75) is 116 Å². The molecule has 0 unspecified atom stereocenters. The summed E-state index contributed by atoms with van der Waals surface area (Å²) < 4.78 is 40.6. The van der Waals surface area contributed by atoms with E-state index in [4.69, 9.17) is 25.6 Å². The van der Waals surface area contributed by atoms with Crippen LogP contribution in [0, 0.1) is 25.5 Å². The number of aromatic nitrogens is 6. The third kappa shape index (κ3) is 9.66. The number of rotatable bonds is 7. The molecule has 6 aromatic rings. The van der Waals surface area contributed by atoms with Gasteiger partial charge in [-0.2, -0.15) is 0 Å². The molecule has 8 heterocycles. The molecule has 4 aliphatic rings. The van der Waals surface area contributed by atoms with E-state index in [0.29, 0.717) is 35.3 Å². The fraction of sp³-hybridized carbons (Fsp3) is 0.522. The Balaban J connectivity index is 0.000000139. The van der Waals surface area contributed by atoms with Crippen molar-refractivity contribution in [2.75, 3.05) is 38.6 Å². The predicted octanol–water partition coefficient (Wildman–Crippen LogP) is 7.69. The van der Waals surface area contributed by atoms with Gasteiger partial charge in [-0.05, 0) is 129 Å². The molecule has 2 saturated heterocycles. The zero-order chi connectivity index (χ0) is 42.5. The highest BCUT2D eigenvalue weighted by Crippen LogP contribution is 2.33. The maximum atomic E-state index is 13.4. The number of alkyl halides is 1. The first-order valence-corrected chi connectivity index (χ1v) is 22.5. The summed E-state index contributed by atoms with van der Waals surface area (Å²) in [5.41, 5.74) is 6.68. The number of aryl methyl sites for hydroxylation is 4. The Morgan fingerprint density at radius 2 is 1.18 bits per heavy atom. The Hall–Kier alpha value is -4.79. The van der Waals surface area contributed by atoms with E-state index in [1.807, 2.05) is 23.0 Å². The van der Waals surface area contributed by atoms with Gasteiger partial charge in [0.2, 0.25) is 0 Å². The summed E-state index contributed by atoms with van der Waals surface area (Å²) in [6.45, 7) is 10.3. The highest BCUT2D eigenvalue weighted by atomic mass is 35.5. The molecule has 0 radical (unpaired) electrons. The van der Waals surface area contributed by atoms with Gasteiger partial charge in [0.1, 0.15) is 23.3 Å². The monoisotopic (exact) mass is 856 g/mol. The van der Waals surface area contributed by atoms with Crippen LogP contribution in [0.2, 0.25) is 0 Å². The first-order valence-electron chi connectivity index (χ1n) is 22.0. The maximum absolute atomic E-state index is 13.4. The van der Waals surface area contributed by atoms with Crippen LogP contribution in [0.4, 0.5) is 8.78 Å². The molecule has 4 aromatic heterocycles. The minimum absolute atomic E-state index is 0.123. The van der Waals surface area contributed by atoms with Gasteiger partial charge in [-0.25, -0.2) is 18.7 Å². The van der Waals surface area contributed by atoms with Crippen LogP contribution in [-0.2, 0) is 38.8 Å². The highest BCUT2D eigenvalue weighted by Gasteiger charge is 2.26. The molecular formula is C46H55ClF2N8O4. The van der Waals surface area contributed by atoms with Gasteiger partial charge in [-0.3, -0.25) is 18.7 Å². The van der Waals surface area contributed by atoms with Crippen LogP contribution in [0.1, 0.15) is 109 Å². The second-order valence-corrected chi connectivity index (χ2v) is 17.1. The first kappa shape index (κ1) is 42.9. The van der Waals surface area contributed by atoms with Gasteiger partial charge in [0.25, 0.3) is 11.1 Å². The number of fused-ring (bicyclic) bond motifs is 4. The zero-order valence-electron chi connectivity index (χ0n) is 35.2. The lowest BCUT2D eigenvalue weighted by molar-refractivity contribution is 0.211. The van der Waals surface area contributed by atoms with E-state index in [1.54, 1.807) is 12.1 Å². The van der Waals surface area contributed by atoms with Crippen molar-refractivity contribution >= 4 is 33.5 Å². The maximum Gasteiger partial charge on any atom is 0.256 e. The summed E-state index contributed by atoms with van der Waals surface area (Å²) >= 11 is 5.69. The van der Waals surface area contributed by atoms with Crippen molar-refractivity contribution in [2.24, 2.45) is 0 Å². The van der Waals surface area contributed by atoms with Crippen LogP contribution in [0.5, 0.6) is 0 Å². The lowest BCUT2D eigenvalue weighted by Crippen LogP contribution is -2.37. The molecule has 324 valence electrons. The molecule has 0 aliphatic carbocycles. The van der Waals surface area contributed by atoms with Crippen molar-refractivity contribution in [3.05, 3.63) is 114 Å². The Bertz CT molecular complexity index is 2590. The van der Waals surface area contributed by atoms with E-state index in [2.05, 4.69) is 25.5 Å². The molecule has 15 heteroatoms. The molecule has 0 atom stereocenters. The zero-order valence-corrected chi connectivity index (χ0v) is 35.9. The normalized spacial score (nSPS) is 17.3. The van der Waals surface area contributed by atoms with E-state index >= 15 is 0 Å². The smallest absolute Gasteiger partial charge is 0.256 e. The van der Waals surface area contributed by atoms with Crippen LogP contribution in [0.15, 0.2) is 55.0 Å². The minimum Gasteiger partial charge on any atom is -0.356 e. The third-order valence-electron chi connectivity index (χ3n) is 12.8. The summed E-state index contributed by atoms with van der Waals surface area (Å²) in [5, 5.41) is 13.5. The molecule has 1 N–H and O–H groups in total. The van der Waals surface area contributed by atoms with Crippen LogP contribution in [0.25, 0.3) is 21.9 Å².